The lowest BCUT2D eigenvalue weighted by atomic mass is 10.1. The van der Waals surface area contributed by atoms with Crippen LogP contribution in [-0.4, -0.2) is 34.9 Å². The van der Waals surface area contributed by atoms with E-state index in [1.54, 1.807) is 6.26 Å². The fraction of sp³-hybridized carbons (Fsp3) is 0.600. The van der Waals surface area contributed by atoms with Gasteiger partial charge in [0.2, 0.25) is 0 Å². The van der Waals surface area contributed by atoms with Gasteiger partial charge in [0.15, 0.2) is 0 Å². The van der Waals surface area contributed by atoms with Crippen molar-refractivity contribution in [3.05, 3.63) is 29.3 Å². The molecule has 2 rings (SSSR count). The molecule has 0 saturated carbocycles. The predicted molar refractivity (Wildman–Crippen MR) is 80.3 cm³/mol. The van der Waals surface area contributed by atoms with Gasteiger partial charge >= 0.3 is 0 Å². The van der Waals surface area contributed by atoms with Crippen LogP contribution in [0.3, 0.4) is 0 Å². The molecule has 3 nitrogen and oxygen atoms in total. The zero-order chi connectivity index (χ0) is 13.8. The van der Waals surface area contributed by atoms with Crippen LogP contribution in [0.15, 0.2) is 18.2 Å². The van der Waals surface area contributed by atoms with Crippen molar-refractivity contribution in [3.8, 4) is 5.75 Å². The number of benzene rings is 1. The van der Waals surface area contributed by atoms with Crippen LogP contribution >= 0.6 is 0 Å². The van der Waals surface area contributed by atoms with Crippen molar-refractivity contribution in [1.29, 1.82) is 0 Å². The smallest absolute Gasteiger partial charge is 0.123 e. The van der Waals surface area contributed by atoms with E-state index in [0.29, 0.717) is 0 Å². The third kappa shape index (κ3) is 4.05. The van der Waals surface area contributed by atoms with Gasteiger partial charge < -0.3 is 10.1 Å². The van der Waals surface area contributed by atoms with Crippen LogP contribution < -0.4 is 10.1 Å². The molecule has 1 aliphatic heterocycles. The largest absolute Gasteiger partial charge is 0.488 e. The van der Waals surface area contributed by atoms with E-state index in [4.69, 9.17) is 4.74 Å². The molecule has 1 heterocycles. The summed E-state index contributed by atoms with van der Waals surface area (Å²) in [4.78, 5) is 0. The third-order valence-electron chi connectivity index (χ3n) is 3.62. The molecule has 3 atom stereocenters. The van der Waals surface area contributed by atoms with E-state index in [-0.39, 0.29) is 11.4 Å². The molecule has 106 valence electrons. The molecule has 1 aromatic rings. The summed E-state index contributed by atoms with van der Waals surface area (Å²) in [5.41, 5.74) is 2.60. The highest BCUT2D eigenvalue weighted by Gasteiger charge is 2.22. The second-order valence-electron chi connectivity index (χ2n) is 5.36. The molecule has 0 fully saturated rings. The predicted octanol–water partition coefficient (Wildman–Crippen LogP) is 2.05. The lowest BCUT2D eigenvalue weighted by molar-refractivity contribution is 0.227. The van der Waals surface area contributed by atoms with Crippen LogP contribution in [0.1, 0.15) is 24.5 Å². The average Bonchev–Trinajstić information content (AvgIpc) is 2.75. The van der Waals surface area contributed by atoms with Gasteiger partial charge in [0, 0.05) is 35.3 Å². The summed E-state index contributed by atoms with van der Waals surface area (Å²) in [6, 6.07) is 6.36. The fourth-order valence-corrected chi connectivity index (χ4v) is 2.75. The molecule has 0 saturated heterocycles. The first-order valence-electron chi connectivity index (χ1n) is 6.85. The Morgan fingerprint density at radius 3 is 3.05 bits per heavy atom. The summed E-state index contributed by atoms with van der Waals surface area (Å²) in [5.74, 6) is 1.03. The zero-order valence-electron chi connectivity index (χ0n) is 11.9. The van der Waals surface area contributed by atoms with Gasteiger partial charge in [-0.05, 0) is 31.5 Å². The molecular formula is C15H23NO2S. The first kappa shape index (κ1) is 14.5. The summed E-state index contributed by atoms with van der Waals surface area (Å²) < 4.78 is 17.1. The van der Waals surface area contributed by atoms with Gasteiger partial charge in [-0.25, -0.2) is 0 Å². The Hall–Kier alpha value is -0.870. The Morgan fingerprint density at radius 2 is 2.32 bits per heavy atom. The summed E-state index contributed by atoms with van der Waals surface area (Å²) in [5, 5.41) is 3.66. The van der Waals surface area contributed by atoms with Crippen molar-refractivity contribution in [1.82, 2.24) is 5.32 Å². The van der Waals surface area contributed by atoms with Gasteiger partial charge in [0.1, 0.15) is 11.9 Å². The Labute approximate surface area is 118 Å². The van der Waals surface area contributed by atoms with E-state index < -0.39 is 10.8 Å². The molecule has 1 aliphatic rings. The first-order valence-corrected chi connectivity index (χ1v) is 8.47. The number of hydrogen-bond donors (Lipinski definition) is 1. The van der Waals surface area contributed by atoms with Crippen molar-refractivity contribution in [2.75, 3.05) is 19.3 Å². The van der Waals surface area contributed by atoms with E-state index in [0.717, 1.165) is 31.7 Å². The van der Waals surface area contributed by atoms with E-state index in [2.05, 4.69) is 30.4 Å². The number of fused-ring (bicyclic) bond motifs is 1. The van der Waals surface area contributed by atoms with Crippen LogP contribution in [0.4, 0.5) is 0 Å². The molecular weight excluding hydrogens is 258 g/mol. The van der Waals surface area contributed by atoms with E-state index in [9.17, 15) is 4.21 Å². The normalized spacial score (nSPS) is 20.7. The maximum atomic E-state index is 11.2. The number of nitrogens with one attached hydrogen (secondary N) is 1. The highest BCUT2D eigenvalue weighted by atomic mass is 32.2. The van der Waals surface area contributed by atoms with Crippen molar-refractivity contribution in [3.63, 3.8) is 0 Å². The molecule has 0 aromatic heterocycles. The topological polar surface area (TPSA) is 38.3 Å². The number of ether oxygens (including phenoxy) is 1. The second-order valence-corrected chi connectivity index (χ2v) is 7.16. The van der Waals surface area contributed by atoms with Crippen LogP contribution in [0.25, 0.3) is 0 Å². The Bertz CT molecular complexity index is 461. The van der Waals surface area contributed by atoms with Crippen LogP contribution in [0.2, 0.25) is 0 Å². The van der Waals surface area contributed by atoms with E-state index in [1.807, 2.05) is 6.92 Å². The molecule has 1 aromatic carbocycles. The molecule has 0 bridgehead atoms. The Kier molecular flexibility index (Phi) is 4.99. The van der Waals surface area contributed by atoms with E-state index in [1.165, 1.54) is 11.1 Å². The summed E-state index contributed by atoms with van der Waals surface area (Å²) >= 11 is 0. The SMILES string of the molecule is Cc1ccc2c(c1)CC(CNCCC(C)S(C)=O)O2. The van der Waals surface area contributed by atoms with E-state index >= 15 is 0 Å². The monoisotopic (exact) mass is 281 g/mol. The molecule has 0 aliphatic carbocycles. The quantitative estimate of drug-likeness (QED) is 0.811. The van der Waals surface area contributed by atoms with Crippen LogP contribution in [-0.2, 0) is 17.2 Å². The molecule has 19 heavy (non-hydrogen) atoms. The minimum atomic E-state index is -0.722. The van der Waals surface area contributed by atoms with Gasteiger partial charge in [-0.3, -0.25) is 4.21 Å². The van der Waals surface area contributed by atoms with Crippen molar-refractivity contribution in [2.24, 2.45) is 0 Å². The van der Waals surface area contributed by atoms with Gasteiger partial charge in [0.05, 0.1) is 0 Å². The number of hydrogen-bond acceptors (Lipinski definition) is 3. The molecule has 0 spiro atoms. The first-order chi connectivity index (χ1) is 9.06. The maximum Gasteiger partial charge on any atom is 0.123 e. The molecule has 4 heteroatoms. The van der Waals surface area contributed by atoms with Gasteiger partial charge in [0.25, 0.3) is 0 Å². The average molecular weight is 281 g/mol. The summed E-state index contributed by atoms with van der Waals surface area (Å²) in [7, 11) is -0.722. The Morgan fingerprint density at radius 1 is 1.53 bits per heavy atom. The maximum absolute atomic E-state index is 11.2. The zero-order valence-corrected chi connectivity index (χ0v) is 12.8. The summed E-state index contributed by atoms with van der Waals surface area (Å²) in [6.45, 7) is 5.90. The lowest BCUT2D eigenvalue weighted by Crippen LogP contribution is -2.32. The fourth-order valence-electron chi connectivity index (χ4n) is 2.30. The standard InChI is InChI=1S/C15H23NO2S/c1-11-4-5-15-13(8-11)9-14(18-15)10-16-7-6-12(2)19(3)17/h4-5,8,12,14,16H,6-7,9-10H2,1-3H3. The highest BCUT2D eigenvalue weighted by molar-refractivity contribution is 7.84. The van der Waals surface area contributed by atoms with Crippen molar-refractivity contribution >= 4 is 10.8 Å². The van der Waals surface area contributed by atoms with Gasteiger partial charge in [-0.2, -0.15) is 0 Å². The van der Waals surface area contributed by atoms with Crippen molar-refractivity contribution in [2.45, 2.75) is 38.0 Å². The van der Waals surface area contributed by atoms with Gasteiger partial charge in [-0.1, -0.05) is 24.6 Å². The Balaban J connectivity index is 1.71. The van der Waals surface area contributed by atoms with Crippen LogP contribution in [0.5, 0.6) is 5.75 Å². The number of aryl methyl sites for hydroxylation is 1. The highest BCUT2D eigenvalue weighted by Crippen LogP contribution is 2.29. The second kappa shape index (κ2) is 6.53. The minimum absolute atomic E-state index is 0.235. The molecule has 1 N–H and O–H groups in total. The van der Waals surface area contributed by atoms with Gasteiger partial charge in [-0.15, -0.1) is 0 Å². The molecule has 0 radical (unpaired) electrons. The minimum Gasteiger partial charge on any atom is -0.488 e. The lowest BCUT2D eigenvalue weighted by Gasteiger charge is -2.13. The van der Waals surface area contributed by atoms with Crippen molar-refractivity contribution < 1.29 is 8.95 Å². The number of rotatable bonds is 6. The molecule has 0 amide bonds. The third-order valence-corrected chi connectivity index (χ3v) is 4.99. The summed E-state index contributed by atoms with van der Waals surface area (Å²) in [6.07, 6.45) is 3.93. The molecule has 3 unspecified atom stereocenters. The van der Waals surface area contributed by atoms with Crippen LogP contribution in [0, 0.1) is 6.92 Å².